The van der Waals surface area contributed by atoms with Crippen molar-refractivity contribution in [1.29, 1.82) is 0 Å². The number of halogens is 1. The van der Waals surface area contributed by atoms with Gasteiger partial charge in [0, 0.05) is 10.2 Å². The van der Waals surface area contributed by atoms with E-state index in [1.165, 1.54) is 6.07 Å². The monoisotopic (exact) mass is 375 g/mol. The summed E-state index contributed by atoms with van der Waals surface area (Å²) in [6.07, 6.45) is -0.154. The Hall–Kier alpha value is -1.38. The maximum absolute atomic E-state index is 12.2. The Morgan fingerprint density at radius 1 is 1.35 bits per heavy atom. The molecular weight excluding hydrogens is 366 g/mol. The smallest absolute Gasteiger partial charge is 0.307 e. The van der Waals surface area contributed by atoms with Gasteiger partial charge in [-0.15, -0.1) is 11.3 Å². The molecule has 0 fully saturated rings. The maximum atomic E-state index is 12.2. The molecule has 0 atom stereocenters. The van der Waals surface area contributed by atoms with Crippen LogP contribution < -0.4 is 4.72 Å². The molecule has 106 valence electrons. The van der Waals surface area contributed by atoms with E-state index in [0.29, 0.717) is 15.7 Å². The van der Waals surface area contributed by atoms with E-state index in [-0.39, 0.29) is 10.6 Å². The number of benzene rings is 1. The zero-order chi connectivity index (χ0) is 14.8. The fourth-order valence-corrected chi connectivity index (χ4v) is 4.98. The van der Waals surface area contributed by atoms with E-state index in [0.717, 1.165) is 11.3 Å². The minimum Gasteiger partial charge on any atom is -0.481 e. The lowest BCUT2D eigenvalue weighted by Gasteiger charge is -2.08. The zero-order valence-corrected chi connectivity index (χ0v) is 13.3. The van der Waals surface area contributed by atoms with E-state index < -0.39 is 16.0 Å². The van der Waals surface area contributed by atoms with Crippen LogP contribution >= 0.6 is 27.3 Å². The third-order valence-electron chi connectivity index (χ3n) is 2.36. The molecule has 8 heteroatoms. The molecule has 0 radical (unpaired) electrons. The standard InChI is InChI=1S/C12H10BrNO4S2/c13-10-4-5-19-12(10)20(17,18)14-9-3-1-2-8(6-9)7-11(15)16/h1-6,14H,7H2,(H,15,16). The van der Waals surface area contributed by atoms with E-state index in [2.05, 4.69) is 20.7 Å². The molecule has 1 aromatic carbocycles. The second-order valence-electron chi connectivity index (χ2n) is 3.93. The Balaban J connectivity index is 2.26. The van der Waals surface area contributed by atoms with Gasteiger partial charge in [0.2, 0.25) is 0 Å². The molecule has 5 nitrogen and oxygen atoms in total. The molecule has 0 saturated heterocycles. The number of rotatable bonds is 5. The fourth-order valence-electron chi connectivity index (χ4n) is 1.59. The van der Waals surface area contributed by atoms with Crippen molar-refractivity contribution in [1.82, 2.24) is 0 Å². The van der Waals surface area contributed by atoms with Gasteiger partial charge in [0.05, 0.1) is 6.42 Å². The topological polar surface area (TPSA) is 83.5 Å². The second-order valence-corrected chi connectivity index (χ2v) is 7.58. The Bertz CT molecular complexity index is 739. The number of anilines is 1. The van der Waals surface area contributed by atoms with Crippen LogP contribution in [-0.2, 0) is 21.2 Å². The molecule has 0 saturated carbocycles. The lowest BCUT2D eigenvalue weighted by atomic mass is 10.1. The third kappa shape index (κ3) is 3.59. The molecule has 0 bridgehead atoms. The summed E-state index contributed by atoms with van der Waals surface area (Å²) in [6.45, 7) is 0. The highest BCUT2D eigenvalue weighted by molar-refractivity contribution is 9.10. The van der Waals surface area contributed by atoms with Crippen LogP contribution in [0.4, 0.5) is 5.69 Å². The molecular formula is C12H10BrNO4S2. The first-order valence-electron chi connectivity index (χ1n) is 5.45. The average Bonchev–Trinajstić information content (AvgIpc) is 2.75. The Labute approximate surface area is 128 Å². The van der Waals surface area contributed by atoms with Crippen molar-refractivity contribution in [2.24, 2.45) is 0 Å². The highest BCUT2D eigenvalue weighted by Crippen LogP contribution is 2.29. The van der Waals surface area contributed by atoms with E-state index in [4.69, 9.17) is 5.11 Å². The lowest BCUT2D eigenvalue weighted by Crippen LogP contribution is -2.12. The minimum atomic E-state index is -3.67. The number of carboxylic acids is 1. The summed E-state index contributed by atoms with van der Waals surface area (Å²) < 4.78 is 27.5. The normalized spacial score (nSPS) is 11.2. The quantitative estimate of drug-likeness (QED) is 0.841. The number of thiophene rings is 1. The summed E-state index contributed by atoms with van der Waals surface area (Å²) in [5.41, 5.74) is 0.868. The third-order valence-corrected chi connectivity index (χ3v) is 6.41. The molecule has 0 spiro atoms. The van der Waals surface area contributed by atoms with E-state index in [1.807, 2.05) is 0 Å². The molecule has 0 unspecified atom stereocenters. The van der Waals surface area contributed by atoms with Gasteiger partial charge in [-0.2, -0.15) is 0 Å². The molecule has 0 aliphatic heterocycles. The fraction of sp³-hybridized carbons (Fsp3) is 0.0833. The Kier molecular flexibility index (Phi) is 4.46. The molecule has 2 N–H and O–H groups in total. The van der Waals surface area contributed by atoms with E-state index in [1.54, 1.807) is 29.6 Å². The van der Waals surface area contributed by atoms with Crippen LogP contribution in [0.3, 0.4) is 0 Å². The van der Waals surface area contributed by atoms with Crippen molar-refractivity contribution >= 4 is 48.9 Å². The molecule has 20 heavy (non-hydrogen) atoms. The van der Waals surface area contributed by atoms with Crippen molar-refractivity contribution < 1.29 is 18.3 Å². The van der Waals surface area contributed by atoms with Crippen molar-refractivity contribution in [3.8, 4) is 0 Å². The van der Waals surface area contributed by atoms with Gasteiger partial charge in [-0.25, -0.2) is 8.42 Å². The Morgan fingerprint density at radius 3 is 2.70 bits per heavy atom. The van der Waals surface area contributed by atoms with Gasteiger partial charge >= 0.3 is 5.97 Å². The summed E-state index contributed by atoms with van der Waals surface area (Å²) in [5.74, 6) is -0.967. The van der Waals surface area contributed by atoms with Crippen molar-refractivity contribution in [2.45, 2.75) is 10.6 Å². The van der Waals surface area contributed by atoms with Gasteiger partial charge < -0.3 is 5.11 Å². The largest absolute Gasteiger partial charge is 0.481 e. The maximum Gasteiger partial charge on any atom is 0.307 e. The van der Waals surface area contributed by atoms with Gasteiger partial charge in [0.1, 0.15) is 0 Å². The first kappa shape index (κ1) is 15.0. The number of carbonyl (C=O) groups is 1. The summed E-state index contributed by atoms with van der Waals surface area (Å²) >= 11 is 4.28. The van der Waals surface area contributed by atoms with Crippen molar-refractivity contribution in [3.63, 3.8) is 0 Å². The average molecular weight is 376 g/mol. The molecule has 0 amide bonds. The summed E-state index contributed by atoms with van der Waals surface area (Å²) in [6, 6.07) is 7.98. The van der Waals surface area contributed by atoms with E-state index >= 15 is 0 Å². The van der Waals surface area contributed by atoms with Gasteiger partial charge in [0.25, 0.3) is 10.0 Å². The molecule has 1 aromatic heterocycles. The number of hydrogen-bond acceptors (Lipinski definition) is 4. The minimum absolute atomic E-state index is 0.154. The molecule has 0 aliphatic rings. The van der Waals surface area contributed by atoms with Crippen molar-refractivity contribution in [2.75, 3.05) is 4.72 Å². The summed E-state index contributed by atoms with van der Waals surface area (Å²) in [4.78, 5) is 10.7. The summed E-state index contributed by atoms with van der Waals surface area (Å²) in [7, 11) is -3.67. The van der Waals surface area contributed by atoms with Gasteiger partial charge in [0.15, 0.2) is 4.21 Å². The second kappa shape index (κ2) is 5.94. The lowest BCUT2D eigenvalue weighted by molar-refractivity contribution is -0.136. The molecule has 0 aliphatic carbocycles. The first-order chi connectivity index (χ1) is 9.38. The van der Waals surface area contributed by atoms with Crippen molar-refractivity contribution in [3.05, 3.63) is 45.7 Å². The van der Waals surface area contributed by atoms with Crippen LogP contribution in [0.5, 0.6) is 0 Å². The van der Waals surface area contributed by atoms with Crippen LogP contribution in [-0.4, -0.2) is 19.5 Å². The number of carboxylic acid groups (broad SMARTS) is 1. The van der Waals surface area contributed by atoms with Crippen LogP contribution in [0.25, 0.3) is 0 Å². The molecule has 2 rings (SSSR count). The zero-order valence-electron chi connectivity index (χ0n) is 10.0. The highest BCUT2D eigenvalue weighted by Gasteiger charge is 2.19. The first-order valence-corrected chi connectivity index (χ1v) is 8.60. The van der Waals surface area contributed by atoms with Gasteiger partial charge in [-0.3, -0.25) is 9.52 Å². The van der Waals surface area contributed by atoms with Crippen LogP contribution in [0.1, 0.15) is 5.56 Å². The highest BCUT2D eigenvalue weighted by atomic mass is 79.9. The number of nitrogens with one attached hydrogen (secondary N) is 1. The van der Waals surface area contributed by atoms with Crippen LogP contribution in [0.15, 0.2) is 44.4 Å². The number of aliphatic carboxylic acids is 1. The predicted molar refractivity (Wildman–Crippen MR) is 80.6 cm³/mol. The number of sulfonamides is 1. The summed E-state index contributed by atoms with van der Waals surface area (Å²) in [5, 5.41) is 10.4. The molecule has 1 heterocycles. The Morgan fingerprint density at radius 2 is 2.10 bits per heavy atom. The number of hydrogen-bond donors (Lipinski definition) is 2. The van der Waals surface area contributed by atoms with Gasteiger partial charge in [-0.05, 0) is 45.1 Å². The SMILES string of the molecule is O=C(O)Cc1cccc(NS(=O)(=O)c2sccc2Br)c1. The van der Waals surface area contributed by atoms with Crippen LogP contribution in [0, 0.1) is 0 Å². The van der Waals surface area contributed by atoms with Crippen LogP contribution in [0.2, 0.25) is 0 Å². The predicted octanol–water partition coefficient (Wildman–Crippen LogP) is 2.94. The van der Waals surface area contributed by atoms with Gasteiger partial charge in [-0.1, -0.05) is 12.1 Å². The molecule has 2 aromatic rings. The van der Waals surface area contributed by atoms with E-state index in [9.17, 15) is 13.2 Å².